The molecule has 1 aromatic rings. The van der Waals surface area contributed by atoms with E-state index in [0.717, 1.165) is 30.4 Å². The van der Waals surface area contributed by atoms with E-state index in [1.165, 1.54) is 24.8 Å². The Morgan fingerprint density at radius 1 is 1.47 bits per heavy atom. The van der Waals surface area contributed by atoms with Gasteiger partial charge in [0.05, 0.1) is 12.7 Å². The van der Waals surface area contributed by atoms with Crippen molar-refractivity contribution in [3.8, 4) is 5.75 Å². The lowest BCUT2D eigenvalue weighted by Crippen LogP contribution is -2.26. The molecule has 0 spiro atoms. The van der Waals surface area contributed by atoms with E-state index in [0.29, 0.717) is 4.99 Å². The molecule has 0 atom stereocenters. The van der Waals surface area contributed by atoms with E-state index in [9.17, 15) is 0 Å². The van der Waals surface area contributed by atoms with Gasteiger partial charge in [0.15, 0.2) is 0 Å². The highest BCUT2D eigenvalue weighted by molar-refractivity contribution is 7.80. The van der Waals surface area contributed by atoms with Crippen LogP contribution in [0.25, 0.3) is 0 Å². The van der Waals surface area contributed by atoms with Crippen molar-refractivity contribution in [3.05, 3.63) is 29.3 Å². The lowest BCUT2D eigenvalue weighted by atomic mass is 10.1. The second-order valence-corrected chi connectivity index (χ2v) is 5.54. The Balaban J connectivity index is 2.13. The summed E-state index contributed by atoms with van der Waals surface area (Å²) in [7, 11) is 1.66. The number of thiocarbonyl (C=S) groups is 1. The number of ether oxygens (including phenoxy) is 1. The summed E-state index contributed by atoms with van der Waals surface area (Å²) in [5.74, 6) is 0.775. The van der Waals surface area contributed by atoms with E-state index in [1.54, 1.807) is 7.11 Å². The summed E-state index contributed by atoms with van der Waals surface area (Å²) in [5, 5.41) is 0. The number of nitrogens with two attached hydrogens (primary N) is 1. The molecular formula is C15H22N2OS. The summed E-state index contributed by atoms with van der Waals surface area (Å²) < 4.78 is 5.38. The molecule has 0 amide bonds. The third kappa shape index (κ3) is 3.67. The van der Waals surface area contributed by atoms with E-state index >= 15 is 0 Å². The van der Waals surface area contributed by atoms with Crippen LogP contribution in [0.5, 0.6) is 5.75 Å². The highest BCUT2D eigenvalue weighted by Crippen LogP contribution is 2.29. The van der Waals surface area contributed by atoms with Crippen molar-refractivity contribution in [3.63, 3.8) is 0 Å². The Kier molecular flexibility index (Phi) is 4.77. The summed E-state index contributed by atoms with van der Waals surface area (Å²) >= 11 is 5.03. The number of rotatable bonds is 7. The summed E-state index contributed by atoms with van der Waals surface area (Å²) in [5.41, 5.74) is 7.76. The molecule has 1 aliphatic rings. The van der Waals surface area contributed by atoms with Crippen molar-refractivity contribution in [2.75, 3.05) is 13.7 Å². The quantitative estimate of drug-likeness (QED) is 0.778. The van der Waals surface area contributed by atoms with Crippen molar-refractivity contribution in [1.29, 1.82) is 0 Å². The lowest BCUT2D eigenvalue weighted by molar-refractivity contribution is 0.255. The van der Waals surface area contributed by atoms with Crippen molar-refractivity contribution >= 4 is 17.2 Å². The largest absolute Gasteiger partial charge is 0.496 e. The van der Waals surface area contributed by atoms with Gasteiger partial charge in [-0.3, -0.25) is 4.90 Å². The molecule has 3 nitrogen and oxygen atoms in total. The minimum Gasteiger partial charge on any atom is -0.496 e. The molecule has 104 valence electrons. The average Bonchev–Trinajstić information content (AvgIpc) is 3.22. The Labute approximate surface area is 120 Å². The van der Waals surface area contributed by atoms with E-state index < -0.39 is 0 Å². The Hall–Kier alpha value is -1.13. The van der Waals surface area contributed by atoms with Gasteiger partial charge in [-0.1, -0.05) is 25.2 Å². The maximum Gasteiger partial charge on any atom is 0.129 e. The van der Waals surface area contributed by atoms with Crippen molar-refractivity contribution in [2.45, 2.75) is 38.8 Å². The second-order valence-electron chi connectivity index (χ2n) is 5.10. The van der Waals surface area contributed by atoms with Crippen LogP contribution >= 0.6 is 12.2 Å². The molecule has 4 heteroatoms. The lowest BCUT2D eigenvalue weighted by Gasteiger charge is -2.21. The smallest absolute Gasteiger partial charge is 0.129 e. The molecule has 0 heterocycles. The fourth-order valence-electron chi connectivity index (χ4n) is 2.39. The first-order valence-electron chi connectivity index (χ1n) is 6.86. The van der Waals surface area contributed by atoms with Crippen LogP contribution in [0, 0.1) is 0 Å². The van der Waals surface area contributed by atoms with Gasteiger partial charge in [-0.2, -0.15) is 0 Å². The fourth-order valence-corrected chi connectivity index (χ4v) is 2.56. The summed E-state index contributed by atoms with van der Waals surface area (Å²) in [6.07, 6.45) is 3.86. The normalized spacial score (nSPS) is 14.7. The minimum atomic E-state index is 0.385. The molecule has 19 heavy (non-hydrogen) atoms. The molecular weight excluding hydrogens is 256 g/mol. The van der Waals surface area contributed by atoms with Crippen LogP contribution in [-0.2, 0) is 6.54 Å². The molecule has 0 saturated heterocycles. The third-order valence-electron chi connectivity index (χ3n) is 3.49. The molecule has 2 N–H and O–H groups in total. The predicted octanol–water partition coefficient (Wildman–Crippen LogP) is 2.70. The summed E-state index contributed by atoms with van der Waals surface area (Å²) in [6.45, 7) is 4.36. The van der Waals surface area contributed by atoms with Gasteiger partial charge in [-0.05, 0) is 43.5 Å². The molecule has 0 unspecified atom stereocenters. The van der Waals surface area contributed by atoms with Gasteiger partial charge in [-0.15, -0.1) is 0 Å². The SMILES string of the molecule is CCCN(Cc1ccc(C(N)=S)c(OC)c1)C1CC1. The van der Waals surface area contributed by atoms with Gasteiger partial charge in [0.2, 0.25) is 0 Å². The monoisotopic (exact) mass is 278 g/mol. The zero-order valence-corrected chi connectivity index (χ0v) is 12.5. The van der Waals surface area contributed by atoms with Crippen LogP contribution in [0.2, 0.25) is 0 Å². The number of nitrogens with zero attached hydrogens (tertiary/aromatic N) is 1. The molecule has 1 fully saturated rings. The van der Waals surface area contributed by atoms with Crippen molar-refractivity contribution in [2.24, 2.45) is 5.73 Å². The van der Waals surface area contributed by atoms with Crippen LogP contribution in [0.3, 0.4) is 0 Å². The number of hydrogen-bond donors (Lipinski definition) is 1. The van der Waals surface area contributed by atoms with E-state index in [2.05, 4.69) is 24.0 Å². The Morgan fingerprint density at radius 2 is 2.21 bits per heavy atom. The highest BCUT2D eigenvalue weighted by Gasteiger charge is 2.28. The zero-order valence-electron chi connectivity index (χ0n) is 11.7. The summed E-state index contributed by atoms with van der Waals surface area (Å²) in [4.78, 5) is 2.94. The molecule has 1 saturated carbocycles. The topological polar surface area (TPSA) is 38.5 Å². The maximum atomic E-state index is 5.69. The molecule has 2 rings (SSSR count). The van der Waals surface area contributed by atoms with Crippen LogP contribution in [0.15, 0.2) is 18.2 Å². The van der Waals surface area contributed by atoms with Crippen LogP contribution in [-0.4, -0.2) is 29.6 Å². The van der Waals surface area contributed by atoms with Gasteiger partial charge in [0, 0.05) is 12.6 Å². The van der Waals surface area contributed by atoms with Gasteiger partial charge in [0.25, 0.3) is 0 Å². The minimum absolute atomic E-state index is 0.385. The van der Waals surface area contributed by atoms with Gasteiger partial charge >= 0.3 is 0 Å². The average molecular weight is 278 g/mol. The molecule has 0 radical (unpaired) electrons. The van der Waals surface area contributed by atoms with E-state index in [4.69, 9.17) is 22.7 Å². The molecule has 1 aromatic carbocycles. The molecule has 0 bridgehead atoms. The highest BCUT2D eigenvalue weighted by atomic mass is 32.1. The first kappa shape index (κ1) is 14.3. The van der Waals surface area contributed by atoms with E-state index in [-0.39, 0.29) is 0 Å². The third-order valence-corrected chi connectivity index (χ3v) is 3.71. The van der Waals surface area contributed by atoms with Crippen LogP contribution in [0.4, 0.5) is 0 Å². The predicted molar refractivity (Wildman–Crippen MR) is 82.6 cm³/mol. The Morgan fingerprint density at radius 3 is 2.74 bits per heavy atom. The number of methoxy groups -OCH3 is 1. The molecule has 0 aliphatic heterocycles. The first-order valence-corrected chi connectivity index (χ1v) is 7.27. The van der Waals surface area contributed by atoms with Crippen molar-refractivity contribution in [1.82, 2.24) is 4.90 Å². The second kappa shape index (κ2) is 6.35. The fraction of sp³-hybridized carbons (Fsp3) is 0.533. The zero-order chi connectivity index (χ0) is 13.8. The van der Waals surface area contributed by atoms with E-state index in [1.807, 2.05) is 6.07 Å². The number of hydrogen-bond acceptors (Lipinski definition) is 3. The van der Waals surface area contributed by atoms with Crippen molar-refractivity contribution < 1.29 is 4.74 Å². The maximum absolute atomic E-state index is 5.69. The van der Waals surface area contributed by atoms with Gasteiger partial charge in [0.1, 0.15) is 10.7 Å². The molecule has 0 aromatic heterocycles. The number of benzene rings is 1. The van der Waals surface area contributed by atoms with Crippen LogP contribution in [0.1, 0.15) is 37.3 Å². The first-order chi connectivity index (χ1) is 9.15. The van der Waals surface area contributed by atoms with Gasteiger partial charge < -0.3 is 10.5 Å². The standard InChI is InChI=1S/C15H22N2OS/c1-3-8-17(12-5-6-12)10-11-4-7-13(15(16)19)14(9-11)18-2/h4,7,9,12H,3,5-6,8,10H2,1-2H3,(H2,16,19). The Bertz CT molecular complexity index is 457. The molecule has 1 aliphatic carbocycles. The summed E-state index contributed by atoms with van der Waals surface area (Å²) in [6, 6.07) is 6.90. The van der Waals surface area contributed by atoms with Gasteiger partial charge in [-0.25, -0.2) is 0 Å². The van der Waals surface area contributed by atoms with Crippen LogP contribution < -0.4 is 10.5 Å².